The summed E-state index contributed by atoms with van der Waals surface area (Å²) < 4.78 is 27.4. The molecule has 1 N–H and O–H groups in total. The summed E-state index contributed by atoms with van der Waals surface area (Å²) in [5.74, 6) is -0.575. The van der Waals surface area contributed by atoms with Gasteiger partial charge in [0.25, 0.3) is 15.9 Å². The molecular formula is C20H18ClN3O3S2. The molecule has 2 aromatic carbocycles. The molecule has 0 aliphatic rings. The molecule has 0 atom stereocenters. The molecule has 0 aliphatic carbocycles. The standard InChI is InChI=1S/C20H18ClN3O3S2/c1-15-9-10-16(12-19(15)21)24(29(26,27)18-7-3-2-4-8-18)14-20(25)23-22-13-17-6-5-11-28-17/h2-13H,14H2,1H3,(H,23,25)/b22-13-. The number of nitrogens with one attached hydrogen (secondary N) is 1. The zero-order valence-electron chi connectivity index (χ0n) is 15.4. The Labute approximate surface area is 178 Å². The topological polar surface area (TPSA) is 78.8 Å². The van der Waals surface area contributed by atoms with Crippen LogP contribution in [0.2, 0.25) is 5.02 Å². The Morgan fingerprint density at radius 3 is 2.59 bits per heavy atom. The zero-order chi connectivity index (χ0) is 20.9. The summed E-state index contributed by atoms with van der Waals surface area (Å²) in [7, 11) is -3.98. The van der Waals surface area contributed by atoms with Crippen LogP contribution in [0, 0.1) is 6.92 Å². The summed E-state index contributed by atoms with van der Waals surface area (Å²) in [4.78, 5) is 13.4. The molecule has 3 rings (SSSR count). The average Bonchev–Trinajstić information content (AvgIpc) is 3.22. The normalized spacial score (nSPS) is 11.5. The molecule has 9 heteroatoms. The number of amides is 1. The monoisotopic (exact) mass is 447 g/mol. The lowest BCUT2D eigenvalue weighted by molar-refractivity contribution is -0.119. The van der Waals surface area contributed by atoms with Gasteiger partial charge < -0.3 is 0 Å². The van der Waals surface area contributed by atoms with Gasteiger partial charge in [0.15, 0.2) is 0 Å². The molecule has 1 aromatic heterocycles. The van der Waals surface area contributed by atoms with Crippen LogP contribution in [0.1, 0.15) is 10.4 Å². The van der Waals surface area contributed by atoms with Gasteiger partial charge in [0.05, 0.1) is 16.8 Å². The molecule has 150 valence electrons. The van der Waals surface area contributed by atoms with Gasteiger partial charge in [-0.15, -0.1) is 11.3 Å². The summed E-state index contributed by atoms with van der Waals surface area (Å²) >= 11 is 7.66. The number of rotatable bonds is 7. The van der Waals surface area contributed by atoms with Crippen LogP contribution in [0.4, 0.5) is 5.69 Å². The Balaban J connectivity index is 1.88. The summed E-state index contributed by atoms with van der Waals surface area (Å²) in [5, 5.41) is 6.18. The highest BCUT2D eigenvalue weighted by Crippen LogP contribution is 2.27. The third kappa shape index (κ3) is 5.23. The molecular weight excluding hydrogens is 430 g/mol. The maximum atomic E-state index is 13.2. The predicted octanol–water partition coefficient (Wildman–Crippen LogP) is 4.06. The smallest absolute Gasteiger partial charge is 0.264 e. The van der Waals surface area contributed by atoms with Crippen LogP contribution in [0.5, 0.6) is 0 Å². The van der Waals surface area contributed by atoms with Crippen molar-refractivity contribution in [2.24, 2.45) is 5.10 Å². The highest BCUT2D eigenvalue weighted by atomic mass is 35.5. The maximum Gasteiger partial charge on any atom is 0.264 e. The molecule has 0 saturated heterocycles. The first-order valence-corrected chi connectivity index (χ1v) is 11.3. The van der Waals surface area contributed by atoms with E-state index < -0.39 is 22.5 Å². The van der Waals surface area contributed by atoms with E-state index in [1.807, 2.05) is 24.4 Å². The predicted molar refractivity (Wildman–Crippen MR) is 117 cm³/mol. The van der Waals surface area contributed by atoms with E-state index in [2.05, 4.69) is 10.5 Å². The van der Waals surface area contributed by atoms with Crippen molar-refractivity contribution in [2.75, 3.05) is 10.8 Å². The molecule has 1 heterocycles. The van der Waals surface area contributed by atoms with Gasteiger partial charge >= 0.3 is 0 Å². The van der Waals surface area contributed by atoms with E-state index in [1.54, 1.807) is 30.3 Å². The molecule has 0 fully saturated rings. The molecule has 0 aliphatic heterocycles. The van der Waals surface area contributed by atoms with E-state index >= 15 is 0 Å². The number of aryl methyl sites for hydroxylation is 1. The number of nitrogens with zero attached hydrogens (tertiary/aromatic N) is 2. The summed E-state index contributed by atoms with van der Waals surface area (Å²) in [5.41, 5.74) is 3.47. The van der Waals surface area contributed by atoms with Gasteiger partial charge in [0.2, 0.25) is 0 Å². The fourth-order valence-corrected chi connectivity index (χ4v) is 4.66. The fraction of sp³-hybridized carbons (Fsp3) is 0.100. The fourth-order valence-electron chi connectivity index (χ4n) is 2.47. The minimum atomic E-state index is -3.98. The van der Waals surface area contributed by atoms with Gasteiger partial charge in [-0.25, -0.2) is 13.8 Å². The second kappa shape index (κ2) is 9.21. The first-order chi connectivity index (χ1) is 13.9. The van der Waals surface area contributed by atoms with Crippen molar-refractivity contribution in [3.8, 4) is 0 Å². The molecule has 3 aromatic rings. The summed E-state index contributed by atoms with van der Waals surface area (Å²) in [6, 6.07) is 16.5. The van der Waals surface area contributed by atoms with Crippen molar-refractivity contribution in [3.63, 3.8) is 0 Å². The molecule has 1 amide bonds. The number of hydrogen-bond donors (Lipinski definition) is 1. The molecule has 0 radical (unpaired) electrons. The lowest BCUT2D eigenvalue weighted by Gasteiger charge is -2.24. The van der Waals surface area contributed by atoms with Crippen molar-refractivity contribution < 1.29 is 13.2 Å². The van der Waals surface area contributed by atoms with Gasteiger partial charge in [0.1, 0.15) is 6.54 Å². The minimum absolute atomic E-state index is 0.0755. The largest absolute Gasteiger partial charge is 0.271 e. The van der Waals surface area contributed by atoms with Crippen LogP contribution in [0.3, 0.4) is 0 Å². The van der Waals surface area contributed by atoms with Crippen molar-refractivity contribution >= 4 is 50.8 Å². The van der Waals surface area contributed by atoms with Crippen LogP contribution >= 0.6 is 22.9 Å². The van der Waals surface area contributed by atoms with E-state index in [9.17, 15) is 13.2 Å². The SMILES string of the molecule is Cc1ccc(N(CC(=O)N/N=C\c2cccs2)S(=O)(=O)c2ccccc2)cc1Cl. The average molecular weight is 448 g/mol. The van der Waals surface area contributed by atoms with Crippen molar-refractivity contribution in [2.45, 2.75) is 11.8 Å². The van der Waals surface area contributed by atoms with Crippen molar-refractivity contribution in [1.82, 2.24) is 5.43 Å². The van der Waals surface area contributed by atoms with Crippen LogP contribution < -0.4 is 9.73 Å². The lowest BCUT2D eigenvalue weighted by atomic mass is 10.2. The molecule has 0 saturated carbocycles. The number of carbonyl (C=O) groups is 1. The summed E-state index contributed by atoms with van der Waals surface area (Å²) in [6.45, 7) is 1.37. The van der Waals surface area contributed by atoms with Gasteiger partial charge in [-0.1, -0.05) is 41.9 Å². The second-order valence-electron chi connectivity index (χ2n) is 6.07. The Morgan fingerprint density at radius 1 is 1.17 bits per heavy atom. The Kier molecular flexibility index (Phi) is 6.68. The van der Waals surface area contributed by atoms with Gasteiger partial charge in [-0.3, -0.25) is 9.10 Å². The van der Waals surface area contributed by atoms with Crippen molar-refractivity contribution in [1.29, 1.82) is 0 Å². The van der Waals surface area contributed by atoms with Crippen LogP contribution in [-0.2, 0) is 14.8 Å². The molecule has 29 heavy (non-hydrogen) atoms. The van der Waals surface area contributed by atoms with Crippen LogP contribution in [0.15, 0.2) is 76.0 Å². The number of anilines is 1. The van der Waals surface area contributed by atoms with Gasteiger partial charge in [0, 0.05) is 9.90 Å². The number of halogens is 1. The minimum Gasteiger partial charge on any atom is -0.271 e. The van der Waals surface area contributed by atoms with E-state index in [0.717, 1.165) is 14.7 Å². The van der Waals surface area contributed by atoms with Crippen LogP contribution in [0.25, 0.3) is 0 Å². The van der Waals surface area contributed by atoms with Gasteiger partial charge in [-0.2, -0.15) is 5.10 Å². The van der Waals surface area contributed by atoms with E-state index in [4.69, 9.17) is 11.6 Å². The molecule has 0 bridgehead atoms. The number of carbonyl (C=O) groups excluding carboxylic acids is 1. The third-order valence-corrected chi connectivity index (χ3v) is 6.99. The number of thiophene rings is 1. The molecule has 6 nitrogen and oxygen atoms in total. The summed E-state index contributed by atoms with van der Waals surface area (Å²) in [6.07, 6.45) is 1.50. The Hall–Kier alpha value is -2.68. The molecule has 0 spiro atoms. The number of hydrazone groups is 1. The first-order valence-electron chi connectivity index (χ1n) is 8.57. The highest BCUT2D eigenvalue weighted by Gasteiger charge is 2.27. The van der Waals surface area contributed by atoms with E-state index in [0.29, 0.717) is 10.7 Å². The molecule has 0 unspecified atom stereocenters. The van der Waals surface area contributed by atoms with Crippen molar-refractivity contribution in [3.05, 3.63) is 81.5 Å². The Bertz CT molecular complexity index is 1120. The zero-order valence-corrected chi connectivity index (χ0v) is 17.8. The quantitative estimate of drug-likeness (QED) is 0.438. The number of sulfonamides is 1. The number of hydrogen-bond acceptors (Lipinski definition) is 5. The highest BCUT2D eigenvalue weighted by molar-refractivity contribution is 7.92. The Morgan fingerprint density at radius 2 is 1.93 bits per heavy atom. The van der Waals surface area contributed by atoms with E-state index in [-0.39, 0.29) is 4.90 Å². The van der Waals surface area contributed by atoms with Crippen LogP contribution in [-0.4, -0.2) is 27.1 Å². The van der Waals surface area contributed by atoms with Gasteiger partial charge in [-0.05, 0) is 48.2 Å². The lowest BCUT2D eigenvalue weighted by Crippen LogP contribution is -2.39. The maximum absolute atomic E-state index is 13.2. The third-order valence-electron chi connectivity index (χ3n) is 3.99. The first kappa shape index (κ1) is 21.0. The van der Waals surface area contributed by atoms with E-state index in [1.165, 1.54) is 35.8 Å². The number of benzene rings is 2. The second-order valence-corrected chi connectivity index (χ2v) is 9.32.